The molecule has 5 heteroatoms. The lowest BCUT2D eigenvalue weighted by molar-refractivity contribution is -0.136. The molecule has 0 atom stereocenters. The maximum Gasteiger partial charge on any atom is 0.225 e. The predicted molar refractivity (Wildman–Crippen MR) is 88.5 cm³/mol. The zero-order valence-corrected chi connectivity index (χ0v) is 13.6. The van der Waals surface area contributed by atoms with Crippen molar-refractivity contribution in [3.05, 3.63) is 35.6 Å². The number of benzene rings is 1. The smallest absolute Gasteiger partial charge is 0.225 e. The number of halogens is 1. The first-order valence-electron chi connectivity index (χ1n) is 8.69. The minimum absolute atomic E-state index is 0.191. The SMILES string of the molecule is O=C(C1CCNCC1)N1CCCN(Cc2ccc(F)cc2)CC1. The Bertz CT molecular complexity index is 514. The molecule has 0 saturated carbocycles. The number of piperidine rings is 1. The number of hydrogen-bond donors (Lipinski definition) is 1. The number of nitrogens with one attached hydrogen (secondary N) is 1. The van der Waals surface area contributed by atoms with E-state index >= 15 is 0 Å². The van der Waals surface area contributed by atoms with E-state index in [0.717, 1.165) is 70.6 Å². The summed E-state index contributed by atoms with van der Waals surface area (Å²) < 4.78 is 13.0. The van der Waals surface area contributed by atoms with Crippen LogP contribution in [0.2, 0.25) is 0 Å². The van der Waals surface area contributed by atoms with Gasteiger partial charge < -0.3 is 10.2 Å². The Morgan fingerprint density at radius 3 is 2.57 bits per heavy atom. The summed E-state index contributed by atoms with van der Waals surface area (Å²) in [5.74, 6) is 0.360. The Hall–Kier alpha value is -1.46. The maximum atomic E-state index is 13.0. The van der Waals surface area contributed by atoms with E-state index in [9.17, 15) is 9.18 Å². The standard InChI is InChI=1S/C18H26FN3O/c19-17-4-2-15(3-5-17)14-21-10-1-11-22(13-12-21)18(23)16-6-8-20-9-7-16/h2-5,16,20H,1,6-14H2. The molecule has 23 heavy (non-hydrogen) atoms. The van der Waals surface area contributed by atoms with E-state index < -0.39 is 0 Å². The molecule has 0 spiro atoms. The largest absolute Gasteiger partial charge is 0.341 e. The molecular formula is C18H26FN3O. The first-order chi connectivity index (χ1) is 11.2. The van der Waals surface area contributed by atoms with Crippen LogP contribution in [0.4, 0.5) is 4.39 Å². The van der Waals surface area contributed by atoms with Crippen LogP contribution in [0.5, 0.6) is 0 Å². The average Bonchev–Trinajstić information content (AvgIpc) is 2.83. The summed E-state index contributed by atoms with van der Waals surface area (Å²) in [5, 5.41) is 3.32. The van der Waals surface area contributed by atoms with Gasteiger partial charge in [0.05, 0.1) is 0 Å². The number of amides is 1. The van der Waals surface area contributed by atoms with Crippen LogP contribution in [-0.2, 0) is 11.3 Å². The van der Waals surface area contributed by atoms with Crippen molar-refractivity contribution in [3.63, 3.8) is 0 Å². The molecule has 0 aromatic heterocycles. The van der Waals surface area contributed by atoms with Crippen LogP contribution in [0.15, 0.2) is 24.3 Å². The minimum Gasteiger partial charge on any atom is -0.341 e. The van der Waals surface area contributed by atoms with Gasteiger partial charge in [0.1, 0.15) is 5.82 Å². The van der Waals surface area contributed by atoms with Gasteiger partial charge in [0, 0.05) is 38.6 Å². The summed E-state index contributed by atoms with van der Waals surface area (Å²) in [7, 11) is 0. The normalized spacial score (nSPS) is 21.2. The molecule has 2 aliphatic heterocycles. The van der Waals surface area contributed by atoms with Crippen LogP contribution in [0.1, 0.15) is 24.8 Å². The monoisotopic (exact) mass is 319 g/mol. The van der Waals surface area contributed by atoms with E-state index in [-0.39, 0.29) is 11.7 Å². The Morgan fingerprint density at radius 2 is 1.83 bits per heavy atom. The molecule has 2 fully saturated rings. The topological polar surface area (TPSA) is 35.6 Å². The third kappa shape index (κ3) is 4.52. The van der Waals surface area contributed by atoms with Gasteiger partial charge in [0.2, 0.25) is 5.91 Å². The van der Waals surface area contributed by atoms with Crippen LogP contribution < -0.4 is 5.32 Å². The van der Waals surface area contributed by atoms with Gasteiger partial charge in [0.25, 0.3) is 0 Å². The van der Waals surface area contributed by atoms with Gasteiger partial charge >= 0.3 is 0 Å². The molecular weight excluding hydrogens is 293 g/mol. The van der Waals surface area contributed by atoms with E-state index in [1.807, 2.05) is 12.1 Å². The number of rotatable bonds is 3. The quantitative estimate of drug-likeness (QED) is 0.924. The molecule has 0 aliphatic carbocycles. The average molecular weight is 319 g/mol. The Morgan fingerprint density at radius 1 is 1.09 bits per heavy atom. The van der Waals surface area contributed by atoms with Gasteiger partial charge in [0.15, 0.2) is 0 Å². The van der Waals surface area contributed by atoms with Gasteiger partial charge in [-0.2, -0.15) is 0 Å². The number of carbonyl (C=O) groups is 1. The Balaban J connectivity index is 1.52. The first-order valence-corrected chi connectivity index (χ1v) is 8.69. The molecule has 2 heterocycles. The zero-order chi connectivity index (χ0) is 16.1. The second-order valence-electron chi connectivity index (χ2n) is 6.61. The van der Waals surface area contributed by atoms with Crippen molar-refractivity contribution in [1.29, 1.82) is 0 Å². The molecule has 0 bridgehead atoms. The summed E-state index contributed by atoms with van der Waals surface area (Å²) in [4.78, 5) is 17.1. The highest BCUT2D eigenvalue weighted by Crippen LogP contribution is 2.17. The summed E-state index contributed by atoms with van der Waals surface area (Å²) in [5.41, 5.74) is 1.13. The van der Waals surface area contributed by atoms with Crippen LogP contribution >= 0.6 is 0 Å². The fraction of sp³-hybridized carbons (Fsp3) is 0.611. The van der Waals surface area contributed by atoms with Gasteiger partial charge in [-0.05, 0) is 50.0 Å². The van der Waals surface area contributed by atoms with Gasteiger partial charge in [-0.15, -0.1) is 0 Å². The maximum absolute atomic E-state index is 13.0. The van der Waals surface area contributed by atoms with Crippen LogP contribution in [0.25, 0.3) is 0 Å². The molecule has 0 radical (unpaired) electrons. The van der Waals surface area contributed by atoms with E-state index in [2.05, 4.69) is 15.1 Å². The van der Waals surface area contributed by atoms with E-state index in [1.165, 1.54) is 12.1 Å². The number of nitrogens with zero attached hydrogens (tertiary/aromatic N) is 2. The van der Waals surface area contributed by atoms with Crippen LogP contribution in [-0.4, -0.2) is 55.0 Å². The van der Waals surface area contributed by atoms with Crippen molar-refractivity contribution in [2.75, 3.05) is 39.3 Å². The molecule has 1 aromatic rings. The molecule has 1 aromatic carbocycles. The fourth-order valence-corrected chi connectivity index (χ4v) is 3.52. The molecule has 0 unspecified atom stereocenters. The lowest BCUT2D eigenvalue weighted by Gasteiger charge is -2.29. The molecule has 3 rings (SSSR count). The molecule has 2 saturated heterocycles. The Kier molecular flexibility index (Phi) is 5.62. The summed E-state index contributed by atoms with van der Waals surface area (Å²) in [6, 6.07) is 6.72. The van der Waals surface area contributed by atoms with Crippen LogP contribution in [0, 0.1) is 11.7 Å². The zero-order valence-electron chi connectivity index (χ0n) is 13.6. The van der Waals surface area contributed by atoms with Gasteiger partial charge in [-0.1, -0.05) is 12.1 Å². The molecule has 126 valence electrons. The fourth-order valence-electron chi connectivity index (χ4n) is 3.52. The summed E-state index contributed by atoms with van der Waals surface area (Å²) in [6.07, 6.45) is 2.95. The number of carbonyl (C=O) groups excluding carboxylic acids is 1. The van der Waals surface area contributed by atoms with E-state index in [0.29, 0.717) is 5.91 Å². The molecule has 1 N–H and O–H groups in total. The third-order valence-corrected chi connectivity index (χ3v) is 4.91. The molecule has 4 nitrogen and oxygen atoms in total. The highest BCUT2D eigenvalue weighted by atomic mass is 19.1. The van der Waals surface area contributed by atoms with Crippen molar-refractivity contribution in [1.82, 2.24) is 15.1 Å². The highest BCUT2D eigenvalue weighted by Gasteiger charge is 2.27. The Labute approximate surface area is 137 Å². The van der Waals surface area contributed by atoms with Crippen molar-refractivity contribution in [3.8, 4) is 0 Å². The van der Waals surface area contributed by atoms with Crippen molar-refractivity contribution >= 4 is 5.91 Å². The summed E-state index contributed by atoms with van der Waals surface area (Å²) >= 11 is 0. The van der Waals surface area contributed by atoms with Crippen LogP contribution in [0.3, 0.4) is 0 Å². The predicted octanol–water partition coefficient (Wildman–Crippen LogP) is 1.86. The lowest BCUT2D eigenvalue weighted by atomic mass is 9.96. The van der Waals surface area contributed by atoms with E-state index in [1.54, 1.807) is 0 Å². The van der Waals surface area contributed by atoms with Crippen molar-refractivity contribution < 1.29 is 9.18 Å². The highest BCUT2D eigenvalue weighted by molar-refractivity contribution is 5.79. The molecule has 1 amide bonds. The van der Waals surface area contributed by atoms with Crippen molar-refractivity contribution in [2.24, 2.45) is 5.92 Å². The third-order valence-electron chi connectivity index (χ3n) is 4.91. The van der Waals surface area contributed by atoms with E-state index in [4.69, 9.17) is 0 Å². The first kappa shape index (κ1) is 16.4. The van der Waals surface area contributed by atoms with Crippen molar-refractivity contribution in [2.45, 2.75) is 25.8 Å². The van der Waals surface area contributed by atoms with Gasteiger partial charge in [-0.3, -0.25) is 9.69 Å². The molecule has 2 aliphatic rings. The second kappa shape index (κ2) is 7.88. The minimum atomic E-state index is -0.191. The second-order valence-corrected chi connectivity index (χ2v) is 6.61. The van der Waals surface area contributed by atoms with Gasteiger partial charge in [-0.25, -0.2) is 4.39 Å². The number of hydrogen-bond acceptors (Lipinski definition) is 3. The summed E-state index contributed by atoms with van der Waals surface area (Å²) in [6.45, 7) is 6.31. The lowest BCUT2D eigenvalue weighted by Crippen LogP contribution is -2.42.